The first-order valence-electron chi connectivity index (χ1n) is 6.47. The molecule has 0 spiro atoms. The molecule has 0 unspecified atom stereocenters. The van der Waals surface area contributed by atoms with Crippen LogP contribution in [0.5, 0.6) is 5.75 Å². The van der Waals surface area contributed by atoms with Crippen LogP contribution in [0.3, 0.4) is 0 Å². The minimum atomic E-state index is -1.35. The Hall–Kier alpha value is -1.18. The molecule has 0 aliphatic carbocycles. The molecule has 0 saturated carbocycles. The lowest BCUT2D eigenvalue weighted by Crippen LogP contribution is -2.57. The Morgan fingerprint density at radius 2 is 1.75 bits per heavy atom. The van der Waals surface area contributed by atoms with Crippen molar-refractivity contribution < 1.29 is 29.5 Å². The van der Waals surface area contributed by atoms with Crippen LogP contribution in [0.25, 0.3) is 0 Å². The average molecular weight is 284 g/mol. The molecular formula is C14H20O6. The molecule has 1 aliphatic rings. The quantitative estimate of drug-likeness (QED) is 0.723. The molecule has 1 saturated heterocycles. The summed E-state index contributed by atoms with van der Waals surface area (Å²) >= 11 is 0. The standard InChI is InChI=1S/C14H20O6/c1-8-11(15)13(12(16)14(17)20-8)19-7-9-3-5-10(18-2)6-4-9/h3-6,8,11-17H,7H2,1-2H3/t8-,11-,12+,13+,14+/m1/s1. The summed E-state index contributed by atoms with van der Waals surface area (Å²) < 4.78 is 15.6. The van der Waals surface area contributed by atoms with E-state index in [0.29, 0.717) is 0 Å². The Labute approximate surface area is 117 Å². The number of ether oxygens (including phenoxy) is 3. The van der Waals surface area contributed by atoms with Crippen molar-refractivity contribution in [1.82, 2.24) is 0 Å². The summed E-state index contributed by atoms with van der Waals surface area (Å²) in [4.78, 5) is 0. The molecule has 0 bridgehead atoms. The lowest BCUT2D eigenvalue weighted by atomic mass is 10.00. The monoisotopic (exact) mass is 284 g/mol. The van der Waals surface area contributed by atoms with E-state index >= 15 is 0 Å². The van der Waals surface area contributed by atoms with Gasteiger partial charge >= 0.3 is 0 Å². The molecule has 20 heavy (non-hydrogen) atoms. The summed E-state index contributed by atoms with van der Waals surface area (Å²) in [6.07, 6.45) is -5.12. The van der Waals surface area contributed by atoms with Crippen molar-refractivity contribution in [2.45, 2.75) is 44.2 Å². The van der Waals surface area contributed by atoms with Gasteiger partial charge in [-0.2, -0.15) is 0 Å². The normalized spacial score (nSPS) is 34.0. The van der Waals surface area contributed by atoms with Crippen LogP contribution in [0.2, 0.25) is 0 Å². The summed E-state index contributed by atoms with van der Waals surface area (Å²) in [5, 5.41) is 29.3. The summed E-state index contributed by atoms with van der Waals surface area (Å²) in [5.41, 5.74) is 0.874. The number of aliphatic hydroxyl groups excluding tert-OH is 3. The fraction of sp³-hybridized carbons (Fsp3) is 0.571. The lowest BCUT2D eigenvalue weighted by Gasteiger charge is -2.39. The highest BCUT2D eigenvalue weighted by molar-refractivity contribution is 5.26. The van der Waals surface area contributed by atoms with Crippen LogP contribution in [-0.2, 0) is 16.1 Å². The molecule has 1 aromatic rings. The SMILES string of the molecule is COc1ccc(CO[C@H]2[C@H](O)[C@@H](C)O[C@H](O)[C@H]2O)cc1. The van der Waals surface area contributed by atoms with E-state index in [1.807, 2.05) is 12.1 Å². The van der Waals surface area contributed by atoms with Crippen molar-refractivity contribution in [3.05, 3.63) is 29.8 Å². The molecule has 5 atom stereocenters. The van der Waals surface area contributed by atoms with Gasteiger partial charge in [-0.3, -0.25) is 0 Å². The third kappa shape index (κ3) is 3.28. The molecule has 0 aromatic heterocycles. The highest BCUT2D eigenvalue weighted by atomic mass is 16.6. The highest BCUT2D eigenvalue weighted by Crippen LogP contribution is 2.23. The van der Waals surface area contributed by atoms with Crippen LogP contribution >= 0.6 is 0 Å². The van der Waals surface area contributed by atoms with Crippen molar-refractivity contribution in [3.8, 4) is 5.75 Å². The van der Waals surface area contributed by atoms with E-state index < -0.39 is 30.7 Å². The smallest absolute Gasteiger partial charge is 0.183 e. The van der Waals surface area contributed by atoms with E-state index in [-0.39, 0.29) is 6.61 Å². The molecular weight excluding hydrogens is 264 g/mol. The Morgan fingerprint density at radius 1 is 1.10 bits per heavy atom. The van der Waals surface area contributed by atoms with E-state index in [0.717, 1.165) is 11.3 Å². The second-order valence-electron chi connectivity index (χ2n) is 4.84. The van der Waals surface area contributed by atoms with E-state index in [9.17, 15) is 15.3 Å². The Balaban J connectivity index is 1.97. The van der Waals surface area contributed by atoms with E-state index in [4.69, 9.17) is 14.2 Å². The maximum atomic E-state index is 9.94. The summed E-state index contributed by atoms with van der Waals surface area (Å²) in [6, 6.07) is 7.26. The van der Waals surface area contributed by atoms with Gasteiger partial charge in [0.2, 0.25) is 0 Å². The van der Waals surface area contributed by atoms with Crippen LogP contribution < -0.4 is 4.74 Å². The number of aliphatic hydroxyl groups is 3. The van der Waals surface area contributed by atoms with Gasteiger partial charge in [0, 0.05) is 0 Å². The first-order chi connectivity index (χ1) is 9.52. The molecule has 6 heteroatoms. The lowest BCUT2D eigenvalue weighted by molar-refractivity contribution is -0.287. The van der Waals surface area contributed by atoms with E-state index in [2.05, 4.69) is 0 Å². The molecule has 1 fully saturated rings. The second kappa shape index (κ2) is 6.51. The number of methoxy groups -OCH3 is 1. The van der Waals surface area contributed by atoms with Gasteiger partial charge in [-0.1, -0.05) is 12.1 Å². The van der Waals surface area contributed by atoms with Crippen molar-refractivity contribution >= 4 is 0 Å². The fourth-order valence-electron chi connectivity index (χ4n) is 2.12. The molecule has 2 rings (SSSR count). The maximum absolute atomic E-state index is 9.94. The van der Waals surface area contributed by atoms with Crippen LogP contribution in [0.15, 0.2) is 24.3 Å². The fourth-order valence-corrected chi connectivity index (χ4v) is 2.12. The van der Waals surface area contributed by atoms with Gasteiger partial charge in [0.05, 0.1) is 19.8 Å². The van der Waals surface area contributed by atoms with E-state index in [1.165, 1.54) is 0 Å². The third-order valence-corrected chi connectivity index (χ3v) is 3.40. The molecule has 0 amide bonds. The Kier molecular flexibility index (Phi) is 4.95. The zero-order valence-electron chi connectivity index (χ0n) is 11.5. The number of hydrogen-bond acceptors (Lipinski definition) is 6. The van der Waals surface area contributed by atoms with Gasteiger partial charge in [-0.15, -0.1) is 0 Å². The van der Waals surface area contributed by atoms with Gasteiger partial charge in [-0.25, -0.2) is 0 Å². The van der Waals surface area contributed by atoms with Gasteiger partial charge in [0.25, 0.3) is 0 Å². The molecule has 1 aromatic carbocycles. The zero-order chi connectivity index (χ0) is 14.7. The predicted octanol–water partition coefficient (Wildman–Crippen LogP) is 0.0393. The van der Waals surface area contributed by atoms with Gasteiger partial charge in [0.15, 0.2) is 6.29 Å². The van der Waals surface area contributed by atoms with Crippen molar-refractivity contribution in [2.75, 3.05) is 7.11 Å². The first kappa shape index (κ1) is 15.2. The number of benzene rings is 1. The van der Waals surface area contributed by atoms with Gasteiger partial charge in [-0.05, 0) is 24.6 Å². The zero-order valence-corrected chi connectivity index (χ0v) is 11.5. The van der Waals surface area contributed by atoms with Crippen molar-refractivity contribution in [2.24, 2.45) is 0 Å². The average Bonchev–Trinajstić information content (AvgIpc) is 2.46. The van der Waals surface area contributed by atoms with Crippen LogP contribution in [-0.4, -0.2) is 53.1 Å². The summed E-state index contributed by atoms with van der Waals surface area (Å²) in [5.74, 6) is 0.740. The molecule has 0 radical (unpaired) electrons. The largest absolute Gasteiger partial charge is 0.497 e. The predicted molar refractivity (Wildman–Crippen MR) is 70.1 cm³/mol. The minimum Gasteiger partial charge on any atom is -0.497 e. The molecule has 6 nitrogen and oxygen atoms in total. The van der Waals surface area contributed by atoms with Gasteiger partial charge < -0.3 is 29.5 Å². The van der Waals surface area contributed by atoms with Crippen LogP contribution in [0.4, 0.5) is 0 Å². The van der Waals surface area contributed by atoms with Crippen molar-refractivity contribution in [1.29, 1.82) is 0 Å². The summed E-state index contributed by atoms with van der Waals surface area (Å²) in [7, 11) is 1.59. The van der Waals surface area contributed by atoms with Crippen LogP contribution in [0.1, 0.15) is 12.5 Å². The maximum Gasteiger partial charge on any atom is 0.183 e. The topological polar surface area (TPSA) is 88.4 Å². The highest BCUT2D eigenvalue weighted by Gasteiger charge is 2.42. The van der Waals surface area contributed by atoms with Gasteiger partial charge in [0.1, 0.15) is 24.1 Å². The Bertz CT molecular complexity index is 406. The minimum absolute atomic E-state index is 0.211. The number of hydrogen-bond donors (Lipinski definition) is 3. The third-order valence-electron chi connectivity index (χ3n) is 3.40. The summed E-state index contributed by atoms with van der Waals surface area (Å²) in [6.45, 7) is 1.83. The second-order valence-corrected chi connectivity index (χ2v) is 4.84. The molecule has 1 heterocycles. The Morgan fingerprint density at radius 3 is 2.35 bits per heavy atom. The van der Waals surface area contributed by atoms with Crippen LogP contribution in [0, 0.1) is 0 Å². The first-order valence-corrected chi connectivity index (χ1v) is 6.47. The number of rotatable bonds is 4. The van der Waals surface area contributed by atoms with E-state index in [1.54, 1.807) is 26.2 Å². The molecule has 112 valence electrons. The van der Waals surface area contributed by atoms with Crippen molar-refractivity contribution in [3.63, 3.8) is 0 Å². The molecule has 3 N–H and O–H groups in total. The molecule has 1 aliphatic heterocycles.